The molecule has 0 spiro atoms. The molecule has 0 amide bonds. The number of benzene rings is 1. The van der Waals surface area contributed by atoms with Gasteiger partial charge in [0.1, 0.15) is 0 Å². The van der Waals surface area contributed by atoms with Gasteiger partial charge in [0.15, 0.2) is 0 Å². The van der Waals surface area contributed by atoms with Gasteiger partial charge in [-0.15, -0.1) is 0 Å². The Hall–Kier alpha value is -0.470. The van der Waals surface area contributed by atoms with Crippen molar-refractivity contribution in [3.8, 4) is 0 Å². The van der Waals surface area contributed by atoms with Crippen molar-refractivity contribution in [2.75, 3.05) is 19.8 Å². The van der Waals surface area contributed by atoms with Crippen molar-refractivity contribution in [2.24, 2.45) is 0 Å². The summed E-state index contributed by atoms with van der Waals surface area (Å²) in [6.45, 7) is 0. The topological polar surface area (TPSA) is 3.24 Å². The van der Waals surface area contributed by atoms with Crippen molar-refractivity contribution in [1.82, 2.24) is 4.90 Å². The van der Waals surface area contributed by atoms with Crippen LogP contribution in [0.25, 0.3) is 0 Å². The summed E-state index contributed by atoms with van der Waals surface area (Å²) in [5.74, 6) is 0.928. The lowest BCUT2D eigenvalue weighted by atomic mass is 10.0. The summed E-state index contributed by atoms with van der Waals surface area (Å²) in [6.07, 6.45) is 1.10. The molecule has 1 unspecified atom stereocenters. The Morgan fingerprint density at radius 2 is 1.85 bits per heavy atom. The van der Waals surface area contributed by atoms with Gasteiger partial charge < -0.3 is 4.90 Å². The summed E-state index contributed by atoms with van der Waals surface area (Å²) in [4.78, 5) is 2.24. The van der Waals surface area contributed by atoms with E-state index in [9.17, 15) is 0 Å². The highest BCUT2D eigenvalue weighted by molar-refractivity contribution is 7.80. The summed E-state index contributed by atoms with van der Waals surface area (Å²) in [5.41, 5.74) is 1.38. The van der Waals surface area contributed by atoms with Gasteiger partial charge in [-0.2, -0.15) is 12.6 Å². The van der Waals surface area contributed by atoms with Crippen LogP contribution in [0.2, 0.25) is 0 Å². The van der Waals surface area contributed by atoms with Gasteiger partial charge >= 0.3 is 0 Å². The number of hydrogen-bond acceptors (Lipinski definition) is 2. The Balaban J connectivity index is 2.76. The summed E-state index contributed by atoms with van der Waals surface area (Å²) < 4.78 is 0. The van der Waals surface area contributed by atoms with Gasteiger partial charge in [0.05, 0.1) is 0 Å². The quantitative estimate of drug-likeness (QED) is 0.723. The molecule has 1 aromatic carbocycles. The molecule has 0 fully saturated rings. The van der Waals surface area contributed by atoms with Crippen molar-refractivity contribution in [3.05, 3.63) is 35.9 Å². The van der Waals surface area contributed by atoms with Gasteiger partial charge in [-0.3, -0.25) is 0 Å². The lowest BCUT2D eigenvalue weighted by molar-refractivity contribution is 0.293. The van der Waals surface area contributed by atoms with E-state index in [4.69, 9.17) is 0 Å². The van der Waals surface area contributed by atoms with Crippen molar-refractivity contribution in [2.45, 2.75) is 12.5 Å². The number of thiol groups is 1. The molecule has 0 radical (unpaired) electrons. The summed E-state index contributed by atoms with van der Waals surface area (Å²) >= 11 is 4.28. The lowest BCUT2D eigenvalue weighted by Crippen LogP contribution is -2.20. The van der Waals surface area contributed by atoms with E-state index in [-0.39, 0.29) is 0 Å². The highest BCUT2D eigenvalue weighted by Crippen LogP contribution is 2.21. The second kappa shape index (κ2) is 5.30. The first-order valence-corrected chi connectivity index (χ1v) is 5.21. The maximum Gasteiger partial charge on any atom is 0.0349 e. The third-order valence-electron chi connectivity index (χ3n) is 2.21. The van der Waals surface area contributed by atoms with Crippen LogP contribution in [0.5, 0.6) is 0 Å². The predicted molar refractivity (Wildman–Crippen MR) is 61.3 cm³/mol. The van der Waals surface area contributed by atoms with Crippen LogP contribution in [-0.2, 0) is 0 Å². The van der Waals surface area contributed by atoms with E-state index >= 15 is 0 Å². The minimum absolute atomic E-state index is 0.499. The fourth-order valence-corrected chi connectivity index (χ4v) is 1.77. The second-order valence-electron chi connectivity index (χ2n) is 3.40. The first kappa shape index (κ1) is 10.6. The highest BCUT2D eigenvalue weighted by atomic mass is 32.1. The minimum Gasteiger partial charge on any atom is -0.302 e. The van der Waals surface area contributed by atoms with Crippen molar-refractivity contribution < 1.29 is 0 Å². The first-order valence-electron chi connectivity index (χ1n) is 4.58. The molecule has 1 atom stereocenters. The van der Waals surface area contributed by atoms with Gasteiger partial charge in [-0.1, -0.05) is 30.3 Å². The Morgan fingerprint density at radius 3 is 2.31 bits per heavy atom. The Labute approximate surface area is 86.2 Å². The molecule has 0 aromatic heterocycles. The molecule has 0 saturated carbocycles. The molecule has 1 aromatic rings. The lowest BCUT2D eigenvalue weighted by Gasteiger charge is -2.23. The molecular weight excluding hydrogens is 178 g/mol. The maximum atomic E-state index is 4.28. The van der Waals surface area contributed by atoms with E-state index in [1.54, 1.807) is 0 Å². The van der Waals surface area contributed by atoms with Gasteiger partial charge in [0.25, 0.3) is 0 Å². The van der Waals surface area contributed by atoms with E-state index in [1.165, 1.54) is 5.56 Å². The largest absolute Gasteiger partial charge is 0.302 e. The first-order chi connectivity index (χ1) is 6.25. The monoisotopic (exact) mass is 195 g/mol. The standard InChI is InChI=1S/C11H17NS/c1-12(2)11(8-9-13)10-6-4-3-5-7-10/h3-7,11,13H,8-9H2,1-2H3. The molecule has 0 aliphatic carbocycles. The second-order valence-corrected chi connectivity index (χ2v) is 3.85. The van der Waals surface area contributed by atoms with E-state index in [0.717, 1.165) is 12.2 Å². The van der Waals surface area contributed by atoms with Crippen molar-refractivity contribution >= 4 is 12.6 Å². The normalized spacial score (nSPS) is 13.2. The van der Waals surface area contributed by atoms with Crippen LogP contribution in [0.1, 0.15) is 18.0 Å². The van der Waals surface area contributed by atoms with Gasteiger partial charge in [0, 0.05) is 6.04 Å². The van der Waals surface area contributed by atoms with E-state index in [0.29, 0.717) is 6.04 Å². The third-order valence-corrected chi connectivity index (χ3v) is 2.47. The van der Waals surface area contributed by atoms with Gasteiger partial charge in [-0.05, 0) is 31.8 Å². The Bertz CT molecular complexity index is 233. The van der Waals surface area contributed by atoms with Crippen LogP contribution in [0, 0.1) is 0 Å². The molecule has 1 nitrogen and oxygen atoms in total. The average molecular weight is 195 g/mol. The molecule has 0 aliphatic heterocycles. The SMILES string of the molecule is CN(C)C(CCS)c1ccccc1. The summed E-state index contributed by atoms with van der Waals surface area (Å²) in [7, 11) is 4.22. The molecule has 1 rings (SSSR count). The number of hydrogen-bond donors (Lipinski definition) is 1. The van der Waals surface area contributed by atoms with Gasteiger partial charge in [-0.25, -0.2) is 0 Å². The Morgan fingerprint density at radius 1 is 1.23 bits per heavy atom. The predicted octanol–water partition coefficient (Wildman–Crippen LogP) is 2.61. The zero-order chi connectivity index (χ0) is 9.68. The smallest absolute Gasteiger partial charge is 0.0349 e. The van der Waals surface area contributed by atoms with Crippen LogP contribution in [0.4, 0.5) is 0 Å². The van der Waals surface area contributed by atoms with E-state index < -0.39 is 0 Å². The van der Waals surface area contributed by atoms with Crippen LogP contribution in [0.3, 0.4) is 0 Å². The molecule has 13 heavy (non-hydrogen) atoms. The molecule has 0 bridgehead atoms. The van der Waals surface area contributed by atoms with Gasteiger partial charge in [0.2, 0.25) is 0 Å². The summed E-state index contributed by atoms with van der Waals surface area (Å²) in [6, 6.07) is 11.1. The van der Waals surface area contributed by atoms with Crippen molar-refractivity contribution in [1.29, 1.82) is 0 Å². The third kappa shape index (κ3) is 3.05. The molecule has 0 heterocycles. The zero-order valence-corrected chi connectivity index (χ0v) is 9.17. The fraction of sp³-hybridized carbons (Fsp3) is 0.455. The molecular formula is C11H17NS. The molecule has 0 saturated heterocycles. The van der Waals surface area contributed by atoms with Crippen LogP contribution >= 0.6 is 12.6 Å². The molecule has 0 aliphatic rings. The number of nitrogens with zero attached hydrogens (tertiary/aromatic N) is 1. The Kier molecular flexibility index (Phi) is 4.33. The molecule has 2 heteroatoms. The van der Waals surface area contributed by atoms with E-state index in [1.807, 2.05) is 0 Å². The average Bonchev–Trinajstić information content (AvgIpc) is 2.15. The fourth-order valence-electron chi connectivity index (χ4n) is 1.52. The molecule has 0 N–H and O–H groups in total. The van der Waals surface area contributed by atoms with Crippen LogP contribution < -0.4 is 0 Å². The minimum atomic E-state index is 0.499. The van der Waals surface area contributed by atoms with E-state index in [2.05, 4.69) is 62.0 Å². The summed E-state index contributed by atoms with van der Waals surface area (Å²) in [5, 5.41) is 0. The zero-order valence-electron chi connectivity index (χ0n) is 8.27. The molecule has 72 valence electrons. The van der Waals surface area contributed by atoms with Crippen LogP contribution in [-0.4, -0.2) is 24.7 Å². The number of rotatable bonds is 4. The maximum absolute atomic E-state index is 4.28. The van der Waals surface area contributed by atoms with Crippen molar-refractivity contribution in [3.63, 3.8) is 0 Å². The van der Waals surface area contributed by atoms with Crippen LogP contribution in [0.15, 0.2) is 30.3 Å². The highest BCUT2D eigenvalue weighted by Gasteiger charge is 2.11.